The van der Waals surface area contributed by atoms with E-state index in [2.05, 4.69) is 5.32 Å². The maximum Gasteiger partial charge on any atom is 0.268 e. The van der Waals surface area contributed by atoms with Crippen molar-refractivity contribution in [1.29, 1.82) is 0 Å². The van der Waals surface area contributed by atoms with Crippen LogP contribution in [0.5, 0.6) is 5.75 Å². The van der Waals surface area contributed by atoms with E-state index in [9.17, 15) is 21.6 Å². The average Bonchev–Trinajstić information content (AvgIpc) is 3.01. The predicted molar refractivity (Wildman–Crippen MR) is 110 cm³/mol. The van der Waals surface area contributed by atoms with Crippen LogP contribution < -0.4 is 14.4 Å². The van der Waals surface area contributed by atoms with E-state index in [0.29, 0.717) is 11.4 Å². The minimum absolute atomic E-state index is 0.0699. The standard InChI is InChI=1S/C19H22N2O6S2/c1-14(22)20-15-8-9-18(27-2)19(12-15)29(25,26)21(16-6-4-3-5-7-16)17-10-11-28(23,24)13-17/h3-9,12,17H,10-11,13H2,1-2H3,(H,20,22)/t17-/m0/s1. The van der Waals surface area contributed by atoms with Crippen LogP contribution in [-0.2, 0) is 24.7 Å². The van der Waals surface area contributed by atoms with Crippen molar-refractivity contribution in [2.45, 2.75) is 24.3 Å². The number of hydrogen-bond donors (Lipinski definition) is 1. The van der Waals surface area contributed by atoms with Crippen LogP contribution in [0.1, 0.15) is 13.3 Å². The summed E-state index contributed by atoms with van der Waals surface area (Å²) in [5.41, 5.74) is 0.658. The molecule has 0 spiro atoms. The maximum atomic E-state index is 13.7. The van der Waals surface area contributed by atoms with E-state index in [1.165, 1.54) is 32.2 Å². The van der Waals surface area contributed by atoms with Gasteiger partial charge in [0.15, 0.2) is 9.84 Å². The highest BCUT2D eigenvalue weighted by Gasteiger charge is 2.40. The summed E-state index contributed by atoms with van der Waals surface area (Å²) < 4.78 is 57.9. The first-order valence-electron chi connectivity index (χ1n) is 8.89. The zero-order valence-corrected chi connectivity index (χ0v) is 17.7. The molecule has 1 aliphatic heterocycles. The fourth-order valence-corrected chi connectivity index (χ4v) is 7.01. The number of hydrogen-bond acceptors (Lipinski definition) is 6. The number of benzene rings is 2. The van der Waals surface area contributed by atoms with Gasteiger partial charge in [-0.3, -0.25) is 9.10 Å². The number of ether oxygens (including phenoxy) is 1. The molecule has 0 saturated carbocycles. The van der Waals surface area contributed by atoms with Crippen molar-refractivity contribution in [3.63, 3.8) is 0 Å². The summed E-state index contributed by atoms with van der Waals surface area (Å²) in [6.07, 6.45) is 0.199. The van der Waals surface area contributed by atoms with E-state index in [-0.39, 0.29) is 34.5 Å². The summed E-state index contributed by atoms with van der Waals surface area (Å²) >= 11 is 0. The number of carbonyl (C=O) groups excluding carboxylic acids is 1. The molecule has 8 nitrogen and oxygen atoms in total. The average molecular weight is 439 g/mol. The predicted octanol–water partition coefficient (Wildman–Crippen LogP) is 2.04. The van der Waals surface area contributed by atoms with Crippen LogP contribution in [0.15, 0.2) is 53.4 Å². The first kappa shape index (κ1) is 21.1. The van der Waals surface area contributed by atoms with Gasteiger partial charge in [-0.1, -0.05) is 18.2 Å². The largest absolute Gasteiger partial charge is 0.495 e. The third-order valence-electron chi connectivity index (χ3n) is 4.57. The molecule has 2 aromatic rings. The molecule has 10 heteroatoms. The number of methoxy groups -OCH3 is 1. The van der Waals surface area contributed by atoms with Crippen LogP contribution in [-0.4, -0.2) is 47.4 Å². The summed E-state index contributed by atoms with van der Waals surface area (Å²) in [6, 6.07) is 11.9. The van der Waals surface area contributed by atoms with Crippen molar-refractivity contribution in [1.82, 2.24) is 0 Å². The molecule has 0 unspecified atom stereocenters. The number of sulfonamides is 1. The molecule has 0 bridgehead atoms. The van der Waals surface area contributed by atoms with Gasteiger partial charge < -0.3 is 10.1 Å². The molecule has 1 aliphatic rings. The fraction of sp³-hybridized carbons (Fsp3) is 0.316. The lowest BCUT2D eigenvalue weighted by molar-refractivity contribution is -0.114. The van der Waals surface area contributed by atoms with Crippen LogP contribution in [0.2, 0.25) is 0 Å². The number of carbonyl (C=O) groups is 1. The van der Waals surface area contributed by atoms with Crippen molar-refractivity contribution >= 4 is 37.1 Å². The molecule has 29 heavy (non-hydrogen) atoms. The lowest BCUT2D eigenvalue weighted by Crippen LogP contribution is -2.41. The Morgan fingerprint density at radius 1 is 1.17 bits per heavy atom. The minimum Gasteiger partial charge on any atom is -0.495 e. The third-order valence-corrected chi connectivity index (χ3v) is 8.22. The lowest BCUT2D eigenvalue weighted by Gasteiger charge is -2.30. The van der Waals surface area contributed by atoms with Gasteiger partial charge in [-0.2, -0.15) is 0 Å². The molecule has 1 fully saturated rings. The van der Waals surface area contributed by atoms with Gasteiger partial charge >= 0.3 is 0 Å². The SMILES string of the molecule is COc1ccc(NC(C)=O)cc1S(=O)(=O)N(c1ccccc1)[C@H]1CCS(=O)(=O)C1. The van der Waals surface area contributed by atoms with Crippen LogP contribution in [0.25, 0.3) is 0 Å². The van der Waals surface area contributed by atoms with E-state index in [0.717, 1.165) is 4.31 Å². The molecule has 1 atom stereocenters. The van der Waals surface area contributed by atoms with Gasteiger partial charge in [0, 0.05) is 12.6 Å². The Labute approximate surface area is 170 Å². The van der Waals surface area contributed by atoms with Gasteiger partial charge in [0.2, 0.25) is 5.91 Å². The Kier molecular flexibility index (Phi) is 5.85. The molecular weight excluding hydrogens is 416 g/mol. The maximum absolute atomic E-state index is 13.7. The molecule has 3 rings (SSSR count). The normalized spacial score (nSPS) is 18.2. The van der Waals surface area contributed by atoms with Crippen LogP contribution in [0, 0.1) is 0 Å². The first-order valence-corrected chi connectivity index (χ1v) is 12.2. The monoisotopic (exact) mass is 438 g/mol. The molecule has 1 saturated heterocycles. The Hall–Kier alpha value is -2.59. The number of nitrogens with one attached hydrogen (secondary N) is 1. The molecule has 2 aromatic carbocycles. The number of rotatable bonds is 6. The third kappa shape index (κ3) is 4.54. The molecule has 156 valence electrons. The van der Waals surface area contributed by atoms with Crippen LogP contribution in [0.4, 0.5) is 11.4 Å². The summed E-state index contributed by atoms with van der Waals surface area (Å²) in [4.78, 5) is 11.2. The topological polar surface area (TPSA) is 110 Å². The Morgan fingerprint density at radius 3 is 2.41 bits per heavy atom. The molecular formula is C19H22N2O6S2. The smallest absolute Gasteiger partial charge is 0.268 e. The highest BCUT2D eigenvalue weighted by Crippen LogP contribution is 2.35. The van der Waals surface area contributed by atoms with E-state index in [1.807, 2.05) is 0 Å². The zero-order valence-electron chi connectivity index (χ0n) is 16.0. The molecule has 0 aliphatic carbocycles. The number of nitrogens with zero attached hydrogens (tertiary/aromatic N) is 1. The van der Waals surface area contributed by atoms with Gasteiger partial charge in [-0.05, 0) is 36.8 Å². The summed E-state index contributed by atoms with van der Waals surface area (Å²) in [5.74, 6) is -0.574. The highest BCUT2D eigenvalue weighted by atomic mass is 32.2. The van der Waals surface area contributed by atoms with E-state index >= 15 is 0 Å². The second-order valence-electron chi connectivity index (χ2n) is 6.74. The van der Waals surface area contributed by atoms with Gasteiger partial charge in [-0.25, -0.2) is 16.8 Å². The molecule has 1 amide bonds. The summed E-state index contributed by atoms with van der Waals surface area (Å²) in [5, 5.41) is 2.56. The second kappa shape index (κ2) is 8.03. The van der Waals surface area contributed by atoms with Gasteiger partial charge in [0.1, 0.15) is 10.6 Å². The fourth-order valence-electron chi connectivity index (χ4n) is 3.35. The van der Waals surface area contributed by atoms with Gasteiger partial charge in [0.25, 0.3) is 10.0 Å². The van der Waals surface area contributed by atoms with Crippen molar-refractivity contribution in [2.75, 3.05) is 28.2 Å². The second-order valence-corrected chi connectivity index (χ2v) is 10.8. The van der Waals surface area contributed by atoms with Crippen molar-refractivity contribution in [2.24, 2.45) is 0 Å². The molecule has 0 radical (unpaired) electrons. The number of anilines is 2. The van der Waals surface area contributed by atoms with Crippen molar-refractivity contribution < 1.29 is 26.4 Å². The van der Waals surface area contributed by atoms with Gasteiger partial charge in [-0.15, -0.1) is 0 Å². The number of amides is 1. The Morgan fingerprint density at radius 2 is 1.86 bits per heavy atom. The van der Waals surface area contributed by atoms with E-state index < -0.39 is 25.9 Å². The minimum atomic E-state index is -4.20. The zero-order chi connectivity index (χ0) is 21.2. The van der Waals surface area contributed by atoms with E-state index in [4.69, 9.17) is 4.74 Å². The summed E-state index contributed by atoms with van der Waals surface area (Å²) in [6.45, 7) is 1.32. The quantitative estimate of drug-likeness (QED) is 0.739. The lowest BCUT2D eigenvalue weighted by atomic mass is 10.2. The van der Waals surface area contributed by atoms with Crippen molar-refractivity contribution in [3.05, 3.63) is 48.5 Å². The first-order chi connectivity index (χ1) is 13.6. The highest BCUT2D eigenvalue weighted by molar-refractivity contribution is 7.93. The van der Waals surface area contributed by atoms with Crippen molar-refractivity contribution in [3.8, 4) is 5.75 Å². The summed E-state index contributed by atoms with van der Waals surface area (Å²) in [7, 11) is -6.17. The molecule has 0 aromatic heterocycles. The molecule has 1 heterocycles. The van der Waals surface area contributed by atoms with Crippen LogP contribution >= 0.6 is 0 Å². The number of para-hydroxylation sites is 1. The molecule has 1 N–H and O–H groups in total. The van der Waals surface area contributed by atoms with Gasteiger partial charge in [0.05, 0.1) is 30.3 Å². The Bertz CT molecular complexity index is 1110. The van der Waals surface area contributed by atoms with E-state index in [1.54, 1.807) is 30.3 Å². The van der Waals surface area contributed by atoms with Crippen LogP contribution in [0.3, 0.4) is 0 Å². The number of sulfone groups is 1. The Balaban J connectivity index is 2.16.